The highest BCUT2D eigenvalue weighted by Gasteiger charge is 2.14. The standard InChI is InChI=1S/C15H14BrN3O2/c1-18-14(20)10-4-2-3-5-13(10)19-15(21)11-8-9(16)6-7-12(11)17/h2-8H,17H2,1H3,(H,18,20)(H,19,21). The smallest absolute Gasteiger partial charge is 0.257 e. The third-order valence-electron chi connectivity index (χ3n) is 2.91. The van der Waals surface area contributed by atoms with E-state index in [0.29, 0.717) is 22.5 Å². The van der Waals surface area contributed by atoms with Crippen LogP contribution in [0.1, 0.15) is 20.7 Å². The van der Waals surface area contributed by atoms with Crippen molar-refractivity contribution in [1.82, 2.24) is 5.32 Å². The van der Waals surface area contributed by atoms with E-state index in [4.69, 9.17) is 5.73 Å². The maximum absolute atomic E-state index is 12.3. The normalized spacial score (nSPS) is 10.0. The Kier molecular flexibility index (Phi) is 4.59. The average molecular weight is 348 g/mol. The third-order valence-corrected chi connectivity index (χ3v) is 3.40. The second kappa shape index (κ2) is 6.41. The van der Waals surface area contributed by atoms with E-state index in [0.717, 1.165) is 4.47 Å². The Morgan fingerprint density at radius 3 is 2.48 bits per heavy atom. The quantitative estimate of drug-likeness (QED) is 0.746. The molecular formula is C15H14BrN3O2. The number of halogens is 1. The molecule has 6 heteroatoms. The van der Waals surface area contributed by atoms with Gasteiger partial charge in [0.25, 0.3) is 11.8 Å². The van der Waals surface area contributed by atoms with E-state index in [1.165, 1.54) is 7.05 Å². The van der Waals surface area contributed by atoms with E-state index >= 15 is 0 Å². The van der Waals surface area contributed by atoms with Crippen LogP contribution in [0, 0.1) is 0 Å². The molecule has 4 N–H and O–H groups in total. The summed E-state index contributed by atoms with van der Waals surface area (Å²) in [7, 11) is 1.53. The van der Waals surface area contributed by atoms with Gasteiger partial charge in [-0.15, -0.1) is 0 Å². The summed E-state index contributed by atoms with van der Waals surface area (Å²) in [6.45, 7) is 0. The number of amides is 2. The molecule has 2 amide bonds. The van der Waals surface area contributed by atoms with Gasteiger partial charge >= 0.3 is 0 Å². The van der Waals surface area contributed by atoms with Gasteiger partial charge in [0.2, 0.25) is 0 Å². The molecule has 2 aromatic carbocycles. The minimum atomic E-state index is -0.370. The molecule has 0 radical (unpaired) electrons. The molecular weight excluding hydrogens is 334 g/mol. The Morgan fingerprint density at radius 2 is 1.76 bits per heavy atom. The van der Waals surface area contributed by atoms with Crippen molar-refractivity contribution in [3.05, 3.63) is 58.1 Å². The number of benzene rings is 2. The fraction of sp³-hybridized carbons (Fsp3) is 0.0667. The van der Waals surface area contributed by atoms with E-state index in [-0.39, 0.29) is 11.8 Å². The average Bonchev–Trinajstić information content (AvgIpc) is 2.49. The van der Waals surface area contributed by atoms with Gasteiger partial charge < -0.3 is 16.4 Å². The molecule has 0 saturated carbocycles. The van der Waals surface area contributed by atoms with Crippen LogP contribution in [-0.2, 0) is 0 Å². The van der Waals surface area contributed by atoms with Crippen LogP contribution < -0.4 is 16.4 Å². The van der Waals surface area contributed by atoms with E-state index < -0.39 is 0 Å². The molecule has 0 aromatic heterocycles. The summed E-state index contributed by atoms with van der Waals surface area (Å²) in [6.07, 6.45) is 0. The topological polar surface area (TPSA) is 84.2 Å². The lowest BCUT2D eigenvalue weighted by Crippen LogP contribution is -2.21. The molecule has 0 saturated heterocycles. The van der Waals surface area contributed by atoms with Crippen molar-refractivity contribution in [2.45, 2.75) is 0 Å². The van der Waals surface area contributed by atoms with Crippen LogP contribution in [-0.4, -0.2) is 18.9 Å². The molecule has 0 aliphatic rings. The number of nitrogens with two attached hydrogens (primary N) is 1. The predicted octanol–water partition coefficient (Wildman–Crippen LogP) is 2.64. The molecule has 0 spiro atoms. The van der Waals surface area contributed by atoms with Crippen LogP contribution in [0.25, 0.3) is 0 Å². The van der Waals surface area contributed by atoms with Gasteiger partial charge in [0.05, 0.1) is 16.8 Å². The number of nitrogens with one attached hydrogen (secondary N) is 2. The Bertz CT molecular complexity index is 701. The zero-order chi connectivity index (χ0) is 15.4. The van der Waals surface area contributed by atoms with Gasteiger partial charge in [-0.1, -0.05) is 28.1 Å². The van der Waals surface area contributed by atoms with Gasteiger partial charge in [0, 0.05) is 17.2 Å². The number of para-hydroxylation sites is 1. The lowest BCUT2D eigenvalue weighted by atomic mass is 10.1. The molecule has 0 fully saturated rings. The summed E-state index contributed by atoms with van der Waals surface area (Å²) in [6, 6.07) is 11.8. The number of carbonyl (C=O) groups excluding carboxylic acids is 2. The second-order valence-electron chi connectivity index (χ2n) is 4.31. The van der Waals surface area contributed by atoms with Crippen LogP contribution in [0.3, 0.4) is 0 Å². The summed E-state index contributed by atoms with van der Waals surface area (Å²) in [4.78, 5) is 24.1. The SMILES string of the molecule is CNC(=O)c1ccccc1NC(=O)c1cc(Br)ccc1N. The maximum atomic E-state index is 12.3. The van der Waals surface area contributed by atoms with Crippen LogP contribution in [0.5, 0.6) is 0 Å². The monoisotopic (exact) mass is 347 g/mol. The number of rotatable bonds is 3. The molecule has 2 rings (SSSR count). The fourth-order valence-electron chi connectivity index (χ4n) is 1.84. The number of hydrogen-bond donors (Lipinski definition) is 3. The van der Waals surface area contributed by atoms with E-state index in [9.17, 15) is 9.59 Å². The molecule has 5 nitrogen and oxygen atoms in total. The Morgan fingerprint density at radius 1 is 1.05 bits per heavy atom. The predicted molar refractivity (Wildman–Crippen MR) is 86.3 cm³/mol. The number of anilines is 2. The molecule has 0 aliphatic heterocycles. The first-order valence-electron chi connectivity index (χ1n) is 6.20. The Balaban J connectivity index is 2.32. The first-order valence-corrected chi connectivity index (χ1v) is 6.99. The van der Waals surface area contributed by atoms with E-state index in [1.54, 1.807) is 42.5 Å². The Labute approximate surface area is 130 Å². The van der Waals surface area contributed by atoms with Gasteiger partial charge in [-0.2, -0.15) is 0 Å². The fourth-order valence-corrected chi connectivity index (χ4v) is 2.20. The minimum Gasteiger partial charge on any atom is -0.398 e. The highest BCUT2D eigenvalue weighted by molar-refractivity contribution is 9.10. The molecule has 0 unspecified atom stereocenters. The van der Waals surface area contributed by atoms with Gasteiger partial charge in [0.15, 0.2) is 0 Å². The summed E-state index contributed by atoms with van der Waals surface area (Å²) in [5.41, 5.74) is 7.34. The van der Waals surface area contributed by atoms with Crippen molar-refractivity contribution >= 4 is 39.1 Å². The van der Waals surface area contributed by atoms with Gasteiger partial charge in [0.1, 0.15) is 0 Å². The van der Waals surface area contributed by atoms with Gasteiger partial charge in [-0.25, -0.2) is 0 Å². The lowest BCUT2D eigenvalue weighted by Gasteiger charge is -2.11. The van der Waals surface area contributed by atoms with Crippen LogP contribution >= 0.6 is 15.9 Å². The van der Waals surface area contributed by atoms with E-state index in [1.807, 2.05) is 0 Å². The minimum absolute atomic E-state index is 0.270. The van der Waals surface area contributed by atoms with E-state index in [2.05, 4.69) is 26.6 Å². The molecule has 21 heavy (non-hydrogen) atoms. The zero-order valence-electron chi connectivity index (χ0n) is 11.3. The number of nitrogen functional groups attached to an aromatic ring is 1. The molecule has 0 bridgehead atoms. The van der Waals surface area contributed by atoms with Gasteiger partial charge in [-0.05, 0) is 30.3 Å². The van der Waals surface area contributed by atoms with Gasteiger partial charge in [-0.3, -0.25) is 9.59 Å². The Hall–Kier alpha value is -2.34. The zero-order valence-corrected chi connectivity index (χ0v) is 12.9. The highest BCUT2D eigenvalue weighted by atomic mass is 79.9. The van der Waals surface area contributed by atoms with Crippen molar-refractivity contribution < 1.29 is 9.59 Å². The molecule has 0 aliphatic carbocycles. The summed E-state index contributed by atoms with van der Waals surface area (Å²) in [5.74, 6) is -0.640. The molecule has 0 heterocycles. The third kappa shape index (κ3) is 3.41. The lowest BCUT2D eigenvalue weighted by molar-refractivity contribution is 0.0964. The molecule has 108 valence electrons. The van der Waals surface area contributed by atoms with Crippen molar-refractivity contribution in [3.8, 4) is 0 Å². The van der Waals surface area contributed by atoms with Crippen molar-refractivity contribution in [2.75, 3.05) is 18.1 Å². The van der Waals surface area contributed by atoms with Crippen molar-refractivity contribution in [1.29, 1.82) is 0 Å². The van der Waals surface area contributed by atoms with Crippen LogP contribution in [0.15, 0.2) is 46.9 Å². The summed E-state index contributed by atoms with van der Waals surface area (Å²) in [5, 5.41) is 5.24. The largest absolute Gasteiger partial charge is 0.398 e. The van der Waals surface area contributed by atoms with Crippen LogP contribution in [0.2, 0.25) is 0 Å². The van der Waals surface area contributed by atoms with Crippen molar-refractivity contribution in [3.63, 3.8) is 0 Å². The number of carbonyl (C=O) groups is 2. The summed E-state index contributed by atoms with van der Waals surface area (Å²) < 4.78 is 0.751. The molecule has 2 aromatic rings. The molecule has 0 atom stereocenters. The highest BCUT2D eigenvalue weighted by Crippen LogP contribution is 2.21. The van der Waals surface area contributed by atoms with Crippen molar-refractivity contribution in [2.24, 2.45) is 0 Å². The first-order chi connectivity index (χ1) is 10.0. The maximum Gasteiger partial charge on any atom is 0.257 e. The first kappa shape index (κ1) is 15.1. The number of hydrogen-bond acceptors (Lipinski definition) is 3. The summed E-state index contributed by atoms with van der Waals surface area (Å²) >= 11 is 3.30. The van der Waals surface area contributed by atoms with Crippen LogP contribution in [0.4, 0.5) is 11.4 Å². The second-order valence-corrected chi connectivity index (χ2v) is 5.23.